The average molecular weight is 307 g/mol. The topological polar surface area (TPSA) is 59.3 Å². The number of benzene rings is 1. The van der Waals surface area contributed by atoms with Crippen LogP contribution in [-0.2, 0) is 0 Å². The Bertz CT molecular complexity index is 808. The van der Waals surface area contributed by atoms with Crippen molar-refractivity contribution in [2.24, 2.45) is 0 Å². The molecular formula is C13H11ClN4OS. The molecule has 0 bridgehead atoms. The van der Waals surface area contributed by atoms with Crippen LogP contribution in [0.25, 0.3) is 4.96 Å². The van der Waals surface area contributed by atoms with E-state index in [9.17, 15) is 4.79 Å². The first-order valence-electron chi connectivity index (χ1n) is 5.94. The number of hydrogen-bond donors (Lipinski definition) is 1. The number of nitrogens with one attached hydrogen (secondary N) is 1. The predicted octanol–water partition coefficient (Wildman–Crippen LogP) is 3.31. The molecule has 0 fully saturated rings. The van der Waals surface area contributed by atoms with Gasteiger partial charge in [0.2, 0.25) is 4.96 Å². The van der Waals surface area contributed by atoms with Crippen molar-refractivity contribution in [2.75, 3.05) is 5.32 Å². The second kappa shape index (κ2) is 4.88. The molecule has 0 radical (unpaired) electrons. The molecule has 0 spiro atoms. The maximum absolute atomic E-state index is 12.1. The minimum Gasteiger partial charge on any atom is -0.289 e. The van der Waals surface area contributed by atoms with Crippen molar-refractivity contribution in [3.63, 3.8) is 0 Å². The van der Waals surface area contributed by atoms with Crippen LogP contribution in [-0.4, -0.2) is 20.5 Å². The summed E-state index contributed by atoms with van der Waals surface area (Å²) in [5, 5.41) is 7.46. The number of hydrogen-bond acceptors (Lipinski definition) is 4. The summed E-state index contributed by atoms with van der Waals surface area (Å²) >= 11 is 7.41. The molecule has 102 valence electrons. The van der Waals surface area contributed by atoms with Gasteiger partial charge >= 0.3 is 0 Å². The molecule has 2 heterocycles. The summed E-state index contributed by atoms with van der Waals surface area (Å²) in [7, 11) is 0. The molecule has 1 aromatic carbocycles. The summed E-state index contributed by atoms with van der Waals surface area (Å²) in [4.78, 5) is 18.3. The van der Waals surface area contributed by atoms with Crippen LogP contribution in [0.3, 0.4) is 0 Å². The van der Waals surface area contributed by atoms with E-state index in [1.165, 1.54) is 0 Å². The summed E-state index contributed by atoms with van der Waals surface area (Å²) in [5.41, 5.74) is 1.50. The van der Waals surface area contributed by atoms with Gasteiger partial charge in [0, 0.05) is 15.5 Å². The highest BCUT2D eigenvalue weighted by Gasteiger charge is 2.13. The van der Waals surface area contributed by atoms with Gasteiger partial charge in [-0.05, 0) is 32.0 Å². The quantitative estimate of drug-likeness (QED) is 0.790. The molecule has 0 saturated carbocycles. The summed E-state index contributed by atoms with van der Waals surface area (Å²) in [5.74, 6) is 0.0180. The number of amides is 1. The van der Waals surface area contributed by atoms with Gasteiger partial charge in [-0.15, -0.1) is 5.10 Å². The molecule has 1 N–H and O–H groups in total. The van der Waals surface area contributed by atoms with Gasteiger partial charge < -0.3 is 0 Å². The van der Waals surface area contributed by atoms with E-state index in [-0.39, 0.29) is 5.91 Å². The molecule has 0 aliphatic rings. The standard InChI is InChI=1S/C13H11ClN4OS/c1-7-8(2)20-13-16-12(17-18(7)13)15-11(19)9-4-3-5-10(14)6-9/h3-6H,1-2H3,(H,15,17,19). The number of fused-ring (bicyclic) bond motifs is 1. The van der Waals surface area contributed by atoms with Gasteiger partial charge in [-0.25, -0.2) is 4.52 Å². The van der Waals surface area contributed by atoms with Crippen molar-refractivity contribution < 1.29 is 4.79 Å². The Labute approximate surface area is 124 Å². The number of carbonyl (C=O) groups is 1. The van der Waals surface area contributed by atoms with Crippen LogP contribution in [0, 0.1) is 13.8 Å². The van der Waals surface area contributed by atoms with Crippen molar-refractivity contribution in [3.8, 4) is 0 Å². The van der Waals surface area contributed by atoms with Gasteiger partial charge in [0.05, 0.1) is 5.69 Å². The van der Waals surface area contributed by atoms with Crippen LogP contribution in [0.2, 0.25) is 5.02 Å². The lowest BCUT2D eigenvalue weighted by Crippen LogP contribution is -2.13. The normalized spacial score (nSPS) is 10.9. The smallest absolute Gasteiger partial charge is 0.258 e. The molecular weight excluding hydrogens is 296 g/mol. The number of aryl methyl sites for hydroxylation is 2. The van der Waals surface area contributed by atoms with Crippen LogP contribution >= 0.6 is 22.9 Å². The first-order valence-corrected chi connectivity index (χ1v) is 7.14. The number of thiazole rings is 1. The number of aromatic nitrogens is 3. The zero-order chi connectivity index (χ0) is 14.3. The van der Waals surface area contributed by atoms with Crippen molar-refractivity contribution in [2.45, 2.75) is 13.8 Å². The third kappa shape index (κ3) is 2.28. The van der Waals surface area contributed by atoms with Crippen LogP contribution in [0.4, 0.5) is 5.95 Å². The van der Waals surface area contributed by atoms with Crippen LogP contribution in [0.15, 0.2) is 24.3 Å². The highest BCUT2D eigenvalue weighted by molar-refractivity contribution is 7.17. The van der Waals surface area contributed by atoms with Crippen molar-refractivity contribution in [1.82, 2.24) is 14.6 Å². The molecule has 0 aliphatic carbocycles. The highest BCUT2D eigenvalue weighted by Crippen LogP contribution is 2.21. The molecule has 3 rings (SSSR count). The largest absolute Gasteiger partial charge is 0.289 e. The van der Waals surface area contributed by atoms with Crippen LogP contribution < -0.4 is 5.32 Å². The fraction of sp³-hybridized carbons (Fsp3) is 0.154. The Hall–Kier alpha value is -1.92. The van der Waals surface area contributed by atoms with Crippen molar-refractivity contribution >= 4 is 39.8 Å². The lowest BCUT2D eigenvalue weighted by atomic mass is 10.2. The molecule has 3 aromatic rings. The number of nitrogens with zero attached hydrogens (tertiary/aromatic N) is 3. The molecule has 0 saturated heterocycles. The van der Waals surface area contributed by atoms with E-state index in [0.29, 0.717) is 16.5 Å². The van der Waals surface area contributed by atoms with E-state index < -0.39 is 0 Å². The molecule has 7 heteroatoms. The Morgan fingerprint density at radius 2 is 2.20 bits per heavy atom. The fourth-order valence-electron chi connectivity index (χ4n) is 1.80. The third-order valence-corrected chi connectivity index (χ3v) is 4.24. The van der Waals surface area contributed by atoms with Crippen LogP contribution in [0.5, 0.6) is 0 Å². The average Bonchev–Trinajstić information content (AvgIpc) is 2.90. The second-order valence-electron chi connectivity index (χ2n) is 4.34. The number of halogens is 1. The fourth-order valence-corrected chi connectivity index (χ4v) is 2.89. The first kappa shape index (κ1) is 13.1. The summed E-state index contributed by atoms with van der Waals surface area (Å²) in [6.45, 7) is 3.98. The third-order valence-electron chi connectivity index (χ3n) is 2.96. The Morgan fingerprint density at radius 1 is 1.40 bits per heavy atom. The number of carbonyl (C=O) groups excluding carboxylic acids is 1. The van der Waals surface area contributed by atoms with Gasteiger partial charge in [0.25, 0.3) is 11.9 Å². The van der Waals surface area contributed by atoms with Gasteiger partial charge in [0.15, 0.2) is 0 Å². The number of anilines is 1. The van der Waals surface area contributed by atoms with Crippen LogP contribution in [0.1, 0.15) is 20.9 Å². The zero-order valence-electron chi connectivity index (χ0n) is 10.8. The van der Waals surface area contributed by atoms with E-state index in [1.54, 1.807) is 40.1 Å². The molecule has 0 aliphatic heterocycles. The monoisotopic (exact) mass is 306 g/mol. The lowest BCUT2D eigenvalue weighted by molar-refractivity contribution is 0.102. The molecule has 2 aromatic heterocycles. The van der Waals surface area contributed by atoms with Gasteiger partial charge in [-0.3, -0.25) is 10.1 Å². The van der Waals surface area contributed by atoms with E-state index in [0.717, 1.165) is 15.5 Å². The molecule has 0 unspecified atom stereocenters. The van der Waals surface area contributed by atoms with E-state index in [1.807, 2.05) is 13.8 Å². The van der Waals surface area contributed by atoms with E-state index in [2.05, 4.69) is 15.4 Å². The second-order valence-corrected chi connectivity index (χ2v) is 5.96. The highest BCUT2D eigenvalue weighted by atomic mass is 35.5. The zero-order valence-corrected chi connectivity index (χ0v) is 12.4. The van der Waals surface area contributed by atoms with E-state index in [4.69, 9.17) is 11.6 Å². The van der Waals surface area contributed by atoms with Crippen molar-refractivity contribution in [3.05, 3.63) is 45.4 Å². The maximum Gasteiger partial charge on any atom is 0.258 e. The minimum absolute atomic E-state index is 0.278. The Kier molecular flexibility index (Phi) is 3.19. The number of rotatable bonds is 2. The summed E-state index contributed by atoms with van der Waals surface area (Å²) in [6, 6.07) is 6.74. The Balaban J connectivity index is 1.87. The molecule has 1 amide bonds. The molecule has 20 heavy (non-hydrogen) atoms. The van der Waals surface area contributed by atoms with E-state index >= 15 is 0 Å². The molecule has 5 nitrogen and oxygen atoms in total. The summed E-state index contributed by atoms with van der Waals surface area (Å²) < 4.78 is 1.73. The first-order chi connectivity index (χ1) is 9.54. The lowest BCUT2D eigenvalue weighted by Gasteiger charge is -2.01. The minimum atomic E-state index is -0.278. The van der Waals surface area contributed by atoms with Gasteiger partial charge in [-0.1, -0.05) is 29.0 Å². The SMILES string of the molecule is Cc1sc2nc(NC(=O)c3cccc(Cl)c3)nn2c1C. The molecule has 0 atom stereocenters. The van der Waals surface area contributed by atoms with Crippen molar-refractivity contribution in [1.29, 1.82) is 0 Å². The Morgan fingerprint density at radius 3 is 2.90 bits per heavy atom. The predicted molar refractivity (Wildman–Crippen MR) is 79.7 cm³/mol. The summed E-state index contributed by atoms with van der Waals surface area (Å²) in [6.07, 6.45) is 0. The maximum atomic E-state index is 12.1. The van der Waals surface area contributed by atoms with Gasteiger partial charge in [-0.2, -0.15) is 4.98 Å². The van der Waals surface area contributed by atoms with Gasteiger partial charge in [0.1, 0.15) is 0 Å².